The van der Waals surface area contributed by atoms with E-state index in [4.69, 9.17) is 9.47 Å². The molecule has 9 unspecified atom stereocenters. The summed E-state index contributed by atoms with van der Waals surface area (Å²) in [5.41, 5.74) is 11.0. The van der Waals surface area contributed by atoms with E-state index in [1.807, 2.05) is 26.8 Å². The zero-order chi connectivity index (χ0) is 41.4. The molecule has 3 heterocycles. The Morgan fingerprint density at radius 2 is 1.81 bits per heavy atom. The number of esters is 1. The number of ether oxygens (including phenoxy) is 2. The number of fused-ring (bicyclic) bond motifs is 11. The molecule has 10 nitrogen and oxygen atoms in total. The van der Waals surface area contributed by atoms with E-state index in [0.29, 0.717) is 23.5 Å². The number of carbonyl (C=O) groups is 3. The Labute approximate surface area is 336 Å². The number of aliphatic hydroxyl groups is 2. The lowest BCUT2D eigenvalue weighted by molar-refractivity contribution is -0.144. The molecule has 2 fully saturated rings. The summed E-state index contributed by atoms with van der Waals surface area (Å²) < 4.78 is 13.8. The number of nitrogens with zero attached hydrogens (tertiary/aromatic N) is 1. The number of amides is 1. The SMILES string of the molecule is C=C(C)C1C(=O)c2c3c(cc4c5c(n1c24)C1(C)C(CCC2C(C)(/C=C/C=C(\C)C(=O)NNCC(=O)OCC)C(O)CCC21C)C5)C1=CC(C)(C)OC(C)(C)C1C3O. The highest BCUT2D eigenvalue weighted by Gasteiger charge is 2.67. The summed E-state index contributed by atoms with van der Waals surface area (Å²) in [5, 5.41) is 25.2. The molecule has 0 spiro atoms. The molecule has 2 saturated carbocycles. The van der Waals surface area contributed by atoms with Gasteiger partial charge >= 0.3 is 5.97 Å². The number of aromatic nitrogens is 1. The number of hydrogen-bond donors (Lipinski definition) is 4. The molecule has 0 saturated heterocycles. The van der Waals surface area contributed by atoms with Gasteiger partial charge in [0.25, 0.3) is 5.91 Å². The molecule has 2 aliphatic heterocycles. The van der Waals surface area contributed by atoms with Gasteiger partial charge in [0.2, 0.25) is 0 Å². The maximum Gasteiger partial charge on any atom is 0.321 e. The summed E-state index contributed by atoms with van der Waals surface area (Å²) in [6, 6.07) is 1.73. The fourth-order valence-electron chi connectivity index (χ4n) is 13.1. The van der Waals surface area contributed by atoms with Crippen LogP contribution in [0.1, 0.15) is 140 Å². The molecule has 8 rings (SSSR count). The van der Waals surface area contributed by atoms with E-state index in [0.717, 1.165) is 58.9 Å². The Morgan fingerprint density at radius 1 is 1.09 bits per heavy atom. The fourth-order valence-corrected chi connectivity index (χ4v) is 13.1. The smallest absolute Gasteiger partial charge is 0.321 e. The van der Waals surface area contributed by atoms with Gasteiger partial charge in [-0.2, -0.15) is 0 Å². The van der Waals surface area contributed by atoms with Crippen LogP contribution in [0.3, 0.4) is 0 Å². The number of ketones is 1. The zero-order valence-electron chi connectivity index (χ0n) is 35.4. The number of hydrogen-bond acceptors (Lipinski definition) is 8. The second kappa shape index (κ2) is 13.1. The van der Waals surface area contributed by atoms with Gasteiger partial charge in [0, 0.05) is 39.0 Å². The zero-order valence-corrected chi connectivity index (χ0v) is 35.4. The number of carbonyl (C=O) groups excluding carboxylic acids is 3. The number of allylic oxidation sites excluding steroid dienone is 3. The van der Waals surface area contributed by atoms with Gasteiger partial charge in [-0.25, -0.2) is 5.43 Å². The minimum Gasteiger partial charge on any atom is -0.465 e. The topological polar surface area (TPSA) is 139 Å². The van der Waals surface area contributed by atoms with Gasteiger partial charge in [0.1, 0.15) is 12.6 Å². The van der Waals surface area contributed by atoms with E-state index in [-0.39, 0.29) is 47.5 Å². The van der Waals surface area contributed by atoms with Crippen LogP contribution in [0.15, 0.2) is 48.1 Å². The Bertz CT molecular complexity index is 2220. The van der Waals surface area contributed by atoms with Crippen molar-refractivity contribution in [1.82, 2.24) is 15.4 Å². The first kappa shape index (κ1) is 40.0. The highest BCUT2D eigenvalue weighted by atomic mass is 16.5. The van der Waals surface area contributed by atoms with Crippen LogP contribution in [0.25, 0.3) is 16.5 Å². The molecule has 4 aliphatic carbocycles. The number of aliphatic hydroxyl groups excluding tert-OH is 2. The molecule has 57 heavy (non-hydrogen) atoms. The van der Waals surface area contributed by atoms with Crippen molar-refractivity contribution >= 4 is 34.1 Å². The lowest BCUT2D eigenvalue weighted by Crippen LogP contribution is -2.62. The molecule has 1 amide bonds. The maximum absolute atomic E-state index is 14.9. The monoisotopic (exact) mass is 779 g/mol. The minimum absolute atomic E-state index is 0.0112. The summed E-state index contributed by atoms with van der Waals surface area (Å²) >= 11 is 0. The third-order valence-electron chi connectivity index (χ3n) is 15.5. The third kappa shape index (κ3) is 5.45. The average Bonchev–Trinajstić information content (AvgIpc) is 3.79. The van der Waals surface area contributed by atoms with E-state index < -0.39 is 40.8 Å². The van der Waals surface area contributed by atoms with Crippen molar-refractivity contribution in [2.75, 3.05) is 13.2 Å². The third-order valence-corrected chi connectivity index (χ3v) is 15.5. The summed E-state index contributed by atoms with van der Waals surface area (Å²) in [5.74, 6) is -0.626. The van der Waals surface area contributed by atoms with Crippen LogP contribution < -0.4 is 10.9 Å². The molecular formula is C47H61N3O7. The molecule has 4 N–H and O–H groups in total. The maximum atomic E-state index is 14.9. The van der Waals surface area contributed by atoms with Crippen LogP contribution >= 0.6 is 0 Å². The fraction of sp³-hybridized carbons (Fsp3) is 0.596. The predicted molar refractivity (Wildman–Crippen MR) is 220 cm³/mol. The Balaban J connectivity index is 1.21. The van der Waals surface area contributed by atoms with Gasteiger partial charge in [-0.3, -0.25) is 19.8 Å². The molecule has 306 valence electrons. The van der Waals surface area contributed by atoms with E-state index >= 15 is 0 Å². The first-order valence-electron chi connectivity index (χ1n) is 20.9. The molecule has 1 aromatic heterocycles. The number of nitrogens with one attached hydrogen (secondary N) is 2. The van der Waals surface area contributed by atoms with Crippen molar-refractivity contribution in [3.8, 4) is 0 Å². The van der Waals surface area contributed by atoms with Gasteiger partial charge in [-0.05, 0) is 127 Å². The molecule has 0 radical (unpaired) electrons. The number of Topliss-reactive ketones (excluding diaryl/α,β-unsaturated/α-hetero) is 1. The van der Waals surface area contributed by atoms with Crippen molar-refractivity contribution in [2.45, 2.75) is 136 Å². The van der Waals surface area contributed by atoms with Gasteiger partial charge in [-0.15, -0.1) is 0 Å². The number of hydrazine groups is 1. The molecule has 0 bridgehead atoms. The predicted octanol–water partition coefficient (Wildman–Crippen LogP) is 7.28. The van der Waals surface area contributed by atoms with Gasteiger partial charge < -0.3 is 24.3 Å². The van der Waals surface area contributed by atoms with Gasteiger partial charge in [-0.1, -0.05) is 51.2 Å². The van der Waals surface area contributed by atoms with Crippen molar-refractivity contribution in [1.29, 1.82) is 0 Å². The summed E-state index contributed by atoms with van der Waals surface area (Å²) in [4.78, 5) is 39.4. The van der Waals surface area contributed by atoms with Gasteiger partial charge in [0.05, 0.1) is 41.1 Å². The highest BCUT2D eigenvalue weighted by Crippen LogP contribution is 2.71. The van der Waals surface area contributed by atoms with Gasteiger partial charge in [0.15, 0.2) is 5.78 Å². The average molecular weight is 780 g/mol. The van der Waals surface area contributed by atoms with Crippen molar-refractivity contribution in [3.05, 3.63) is 76.0 Å². The van der Waals surface area contributed by atoms with Crippen molar-refractivity contribution in [3.63, 3.8) is 0 Å². The Hall–Kier alpha value is -3.83. The largest absolute Gasteiger partial charge is 0.465 e. The van der Waals surface area contributed by atoms with Crippen molar-refractivity contribution < 1.29 is 34.1 Å². The Kier molecular flexibility index (Phi) is 9.18. The van der Waals surface area contributed by atoms with Crippen LogP contribution in [-0.2, 0) is 30.9 Å². The quantitative estimate of drug-likeness (QED) is 0.0721. The van der Waals surface area contributed by atoms with Crippen molar-refractivity contribution in [2.24, 2.45) is 28.6 Å². The van der Waals surface area contributed by atoms with Crippen LogP contribution in [0, 0.1) is 28.6 Å². The summed E-state index contributed by atoms with van der Waals surface area (Å²) in [7, 11) is 0. The molecule has 10 heteroatoms. The minimum atomic E-state index is -0.875. The molecular weight excluding hydrogens is 719 g/mol. The molecule has 1 aromatic carbocycles. The second-order valence-corrected chi connectivity index (χ2v) is 19.6. The molecule has 9 atom stereocenters. The highest BCUT2D eigenvalue weighted by molar-refractivity contribution is 6.18. The molecule has 2 aromatic rings. The number of rotatable bonds is 8. The Morgan fingerprint density at radius 3 is 2.49 bits per heavy atom. The summed E-state index contributed by atoms with van der Waals surface area (Å²) in [6.07, 6.45) is 10.8. The van der Waals surface area contributed by atoms with E-state index in [9.17, 15) is 24.6 Å². The second-order valence-electron chi connectivity index (χ2n) is 19.6. The van der Waals surface area contributed by atoms with E-state index in [2.05, 4.69) is 74.8 Å². The summed E-state index contributed by atoms with van der Waals surface area (Å²) in [6.45, 7) is 25.2. The number of benzene rings is 1. The van der Waals surface area contributed by atoms with E-state index in [1.165, 1.54) is 11.3 Å². The van der Waals surface area contributed by atoms with Crippen LogP contribution in [0.5, 0.6) is 0 Å². The first-order valence-corrected chi connectivity index (χ1v) is 20.9. The lowest BCUT2D eigenvalue weighted by atomic mass is 9.40. The van der Waals surface area contributed by atoms with Crippen LogP contribution in [-0.4, -0.2) is 62.9 Å². The normalized spacial score (nSPS) is 35.7. The standard InChI is InChI=1S/C47H61N3O7/c1-12-56-33(52)23-48-49-42(55)25(4)14-13-18-45(9)31-16-15-26-20-29-28-21-27-30-22-43(5,6)57-44(7,8)36(30)39(53)34(27)35-38(28)50(37(24(2)3)40(35)54)41(29)47(26,11)46(31,10)19-17-32(45)51/h13-14,18,21-22,26,31-32,36-37,39,48,51,53H,2,12,15-17,19-20,23H2,1,3-11H3,(H,49,55)/b18-13+,25-14+. The van der Waals surface area contributed by atoms with E-state index in [1.54, 1.807) is 19.9 Å². The first-order chi connectivity index (χ1) is 26.6. The molecule has 6 aliphatic rings. The van der Waals surface area contributed by atoms with Crippen LogP contribution in [0.4, 0.5) is 0 Å². The van der Waals surface area contributed by atoms with Crippen LogP contribution in [0.2, 0.25) is 0 Å². The lowest BCUT2D eigenvalue weighted by Gasteiger charge is -2.64.